The largest absolute Gasteiger partial charge is 0.467 e. The lowest BCUT2D eigenvalue weighted by Gasteiger charge is -2.05. The van der Waals surface area contributed by atoms with E-state index in [4.69, 9.17) is 14.9 Å². The summed E-state index contributed by atoms with van der Waals surface area (Å²) in [6.45, 7) is 2.24. The summed E-state index contributed by atoms with van der Waals surface area (Å²) in [6, 6.07) is 11.7. The molecule has 0 saturated heterocycles. The van der Waals surface area contributed by atoms with Crippen LogP contribution in [-0.2, 0) is 17.9 Å². The van der Waals surface area contributed by atoms with Crippen LogP contribution in [0.25, 0.3) is 0 Å². The standard InChI is InChI=1S/C17H22N2O3.ClH/c18-11-16-10-15(13-22-16)17(20)19-8-4-5-9-21-12-14-6-2-1-3-7-14;/h1-3,6-7,10,13H,4-5,8-9,11-12,18H2,(H,19,20);1H. The number of rotatable bonds is 9. The maximum Gasteiger partial charge on any atom is 0.254 e. The molecule has 3 N–H and O–H groups in total. The van der Waals surface area contributed by atoms with Crippen LogP contribution in [0.15, 0.2) is 47.1 Å². The lowest BCUT2D eigenvalue weighted by molar-refractivity contribution is 0.0945. The molecule has 126 valence electrons. The van der Waals surface area contributed by atoms with Gasteiger partial charge in [0.2, 0.25) is 0 Å². The number of halogens is 1. The first kappa shape index (κ1) is 19.2. The Hall–Kier alpha value is -1.82. The first-order valence-electron chi connectivity index (χ1n) is 7.47. The van der Waals surface area contributed by atoms with E-state index in [-0.39, 0.29) is 18.3 Å². The Bertz CT molecular complexity index is 572. The summed E-state index contributed by atoms with van der Waals surface area (Å²) in [5.74, 6) is 0.480. The van der Waals surface area contributed by atoms with E-state index in [9.17, 15) is 4.79 Å². The van der Waals surface area contributed by atoms with E-state index in [2.05, 4.69) is 5.32 Å². The molecule has 1 amide bonds. The molecule has 0 spiro atoms. The molecule has 0 fully saturated rings. The molecule has 23 heavy (non-hydrogen) atoms. The van der Waals surface area contributed by atoms with E-state index < -0.39 is 0 Å². The van der Waals surface area contributed by atoms with Gasteiger partial charge < -0.3 is 20.2 Å². The average Bonchev–Trinajstić information content (AvgIpc) is 3.04. The number of ether oxygens (including phenoxy) is 1. The molecule has 0 aliphatic rings. The second-order valence-corrected chi connectivity index (χ2v) is 5.01. The summed E-state index contributed by atoms with van der Waals surface area (Å²) in [5.41, 5.74) is 7.12. The zero-order valence-corrected chi connectivity index (χ0v) is 13.8. The van der Waals surface area contributed by atoms with Gasteiger partial charge in [0.15, 0.2) is 0 Å². The van der Waals surface area contributed by atoms with Crippen molar-refractivity contribution in [2.24, 2.45) is 5.73 Å². The molecule has 0 radical (unpaired) electrons. The van der Waals surface area contributed by atoms with Gasteiger partial charge in [-0.05, 0) is 24.5 Å². The summed E-state index contributed by atoms with van der Waals surface area (Å²) in [7, 11) is 0. The molecule has 0 aliphatic carbocycles. The molecule has 0 saturated carbocycles. The third-order valence-electron chi connectivity index (χ3n) is 3.23. The van der Waals surface area contributed by atoms with Crippen molar-refractivity contribution in [3.05, 3.63) is 59.5 Å². The van der Waals surface area contributed by atoms with E-state index in [1.807, 2.05) is 30.3 Å². The van der Waals surface area contributed by atoms with Crippen LogP contribution in [0.1, 0.15) is 34.5 Å². The number of furan rings is 1. The molecular formula is C17H23ClN2O3. The lowest BCUT2D eigenvalue weighted by Crippen LogP contribution is -2.24. The lowest BCUT2D eigenvalue weighted by atomic mass is 10.2. The molecular weight excluding hydrogens is 316 g/mol. The van der Waals surface area contributed by atoms with Crippen LogP contribution in [-0.4, -0.2) is 19.1 Å². The van der Waals surface area contributed by atoms with E-state index in [0.29, 0.717) is 37.6 Å². The fourth-order valence-electron chi connectivity index (χ4n) is 2.00. The molecule has 2 rings (SSSR count). The maximum atomic E-state index is 11.8. The normalized spacial score (nSPS) is 10.1. The van der Waals surface area contributed by atoms with Gasteiger partial charge in [0.1, 0.15) is 12.0 Å². The van der Waals surface area contributed by atoms with Crippen molar-refractivity contribution >= 4 is 18.3 Å². The van der Waals surface area contributed by atoms with Gasteiger partial charge in [-0.1, -0.05) is 30.3 Å². The molecule has 1 aromatic carbocycles. The number of hydrogen-bond donors (Lipinski definition) is 2. The zero-order valence-electron chi connectivity index (χ0n) is 13.0. The Balaban J connectivity index is 0.00000264. The van der Waals surface area contributed by atoms with E-state index in [1.54, 1.807) is 6.07 Å². The fourth-order valence-corrected chi connectivity index (χ4v) is 2.00. The number of nitrogens with two attached hydrogens (primary N) is 1. The Morgan fingerprint density at radius 1 is 1.22 bits per heavy atom. The van der Waals surface area contributed by atoms with Crippen LogP contribution in [0.2, 0.25) is 0 Å². The van der Waals surface area contributed by atoms with Gasteiger partial charge in [-0.2, -0.15) is 0 Å². The fraction of sp³-hybridized carbons (Fsp3) is 0.353. The number of carbonyl (C=O) groups is 1. The summed E-state index contributed by atoms with van der Waals surface area (Å²) in [6.07, 6.45) is 3.22. The summed E-state index contributed by atoms with van der Waals surface area (Å²) in [5, 5.41) is 2.85. The zero-order chi connectivity index (χ0) is 15.6. The second-order valence-electron chi connectivity index (χ2n) is 5.01. The molecule has 6 heteroatoms. The number of nitrogens with one attached hydrogen (secondary N) is 1. The van der Waals surface area contributed by atoms with Crippen LogP contribution < -0.4 is 11.1 Å². The molecule has 0 bridgehead atoms. The molecule has 0 unspecified atom stereocenters. The van der Waals surface area contributed by atoms with Crippen molar-refractivity contribution in [1.82, 2.24) is 5.32 Å². The topological polar surface area (TPSA) is 77.5 Å². The van der Waals surface area contributed by atoms with E-state index in [0.717, 1.165) is 12.8 Å². The smallest absolute Gasteiger partial charge is 0.254 e. The van der Waals surface area contributed by atoms with Crippen LogP contribution in [0.4, 0.5) is 0 Å². The number of amides is 1. The minimum Gasteiger partial charge on any atom is -0.467 e. The van der Waals surface area contributed by atoms with Crippen molar-refractivity contribution in [1.29, 1.82) is 0 Å². The highest BCUT2D eigenvalue weighted by Gasteiger charge is 2.08. The van der Waals surface area contributed by atoms with E-state index in [1.165, 1.54) is 11.8 Å². The molecule has 1 aromatic heterocycles. The monoisotopic (exact) mass is 338 g/mol. The predicted octanol–water partition coefficient (Wildman–Crippen LogP) is 2.89. The van der Waals surface area contributed by atoms with Gasteiger partial charge >= 0.3 is 0 Å². The van der Waals surface area contributed by atoms with Gasteiger partial charge in [0.05, 0.1) is 18.7 Å². The highest BCUT2D eigenvalue weighted by molar-refractivity contribution is 5.93. The molecule has 2 aromatic rings. The third kappa shape index (κ3) is 6.86. The summed E-state index contributed by atoms with van der Waals surface area (Å²) < 4.78 is 10.7. The van der Waals surface area contributed by atoms with Crippen molar-refractivity contribution < 1.29 is 13.9 Å². The van der Waals surface area contributed by atoms with Gasteiger partial charge in [-0.3, -0.25) is 4.79 Å². The Morgan fingerprint density at radius 3 is 2.70 bits per heavy atom. The van der Waals surface area contributed by atoms with E-state index >= 15 is 0 Å². The number of carbonyl (C=O) groups excluding carboxylic acids is 1. The first-order chi connectivity index (χ1) is 10.8. The highest BCUT2D eigenvalue weighted by Crippen LogP contribution is 2.06. The van der Waals surface area contributed by atoms with Crippen molar-refractivity contribution in [3.63, 3.8) is 0 Å². The van der Waals surface area contributed by atoms with Crippen molar-refractivity contribution in [2.75, 3.05) is 13.2 Å². The van der Waals surface area contributed by atoms with Gasteiger partial charge in [-0.15, -0.1) is 12.4 Å². The Kier molecular flexibility index (Phi) is 9.05. The van der Waals surface area contributed by atoms with Crippen LogP contribution >= 0.6 is 12.4 Å². The van der Waals surface area contributed by atoms with Crippen LogP contribution in [0, 0.1) is 0 Å². The molecule has 5 nitrogen and oxygen atoms in total. The van der Waals surface area contributed by atoms with Gasteiger partial charge in [0.25, 0.3) is 5.91 Å². The third-order valence-corrected chi connectivity index (χ3v) is 3.23. The van der Waals surface area contributed by atoms with Gasteiger partial charge in [0, 0.05) is 13.2 Å². The van der Waals surface area contributed by atoms with Crippen LogP contribution in [0.3, 0.4) is 0 Å². The quantitative estimate of drug-likeness (QED) is 0.689. The highest BCUT2D eigenvalue weighted by atomic mass is 35.5. The van der Waals surface area contributed by atoms with Crippen molar-refractivity contribution in [3.8, 4) is 0 Å². The number of unbranched alkanes of at least 4 members (excludes halogenated alkanes) is 1. The minimum absolute atomic E-state index is 0. The second kappa shape index (κ2) is 10.8. The number of benzene rings is 1. The Morgan fingerprint density at radius 2 is 2.00 bits per heavy atom. The van der Waals surface area contributed by atoms with Gasteiger partial charge in [-0.25, -0.2) is 0 Å². The average molecular weight is 339 g/mol. The SMILES string of the molecule is Cl.NCc1cc(C(=O)NCCCCOCc2ccccc2)co1. The predicted molar refractivity (Wildman–Crippen MR) is 91.5 cm³/mol. The Labute approximate surface area is 142 Å². The summed E-state index contributed by atoms with van der Waals surface area (Å²) >= 11 is 0. The molecule has 0 aliphatic heterocycles. The van der Waals surface area contributed by atoms with Crippen LogP contribution in [0.5, 0.6) is 0 Å². The first-order valence-corrected chi connectivity index (χ1v) is 7.47. The molecule has 0 atom stereocenters. The summed E-state index contributed by atoms with van der Waals surface area (Å²) in [4.78, 5) is 11.8. The minimum atomic E-state index is -0.131. The maximum absolute atomic E-state index is 11.8. The number of hydrogen-bond acceptors (Lipinski definition) is 4. The van der Waals surface area contributed by atoms with Crippen molar-refractivity contribution in [2.45, 2.75) is 26.0 Å². The molecule has 1 heterocycles.